The number of sulfonamides is 1. The molecule has 10 heteroatoms. The van der Waals surface area contributed by atoms with Gasteiger partial charge in [0.15, 0.2) is 0 Å². The Morgan fingerprint density at radius 3 is 2.26 bits per heavy atom. The smallest absolute Gasteiger partial charge is 0.261 e. The van der Waals surface area contributed by atoms with E-state index in [0.717, 1.165) is 17.7 Å². The van der Waals surface area contributed by atoms with Gasteiger partial charge in [-0.25, -0.2) is 12.8 Å². The van der Waals surface area contributed by atoms with Crippen LogP contribution in [0.1, 0.15) is 21.5 Å². The van der Waals surface area contributed by atoms with Crippen molar-refractivity contribution in [2.75, 3.05) is 18.4 Å². The molecule has 0 aliphatic heterocycles. The molecule has 34 heavy (non-hydrogen) atoms. The summed E-state index contributed by atoms with van der Waals surface area (Å²) in [6, 6.07) is 16.1. The van der Waals surface area contributed by atoms with Gasteiger partial charge in [0.2, 0.25) is 5.91 Å². The van der Waals surface area contributed by atoms with Gasteiger partial charge >= 0.3 is 0 Å². The van der Waals surface area contributed by atoms with Gasteiger partial charge in [0.05, 0.1) is 18.6 Å². The Labute approximate surface area is 197 Å². The highest BCUT2D eigenvalue weighted by Gasteiger charge is 2.19. The molecule has 0 unspecified atom stereocenters. The lowest BCUT2D eigenvalue weighted by molar-refractivity contribution is -0.120. The van der Waals surface area contributed by atoms with Gasteiger partial charge in [-0.05, 0) is 66.6 Å². The van der Waals surface area contributed by atoms with Crippen molar-refractivity contribution in [1.29, 1.82) is 0 Å². The number of nitrogens with one attached hydrogen (secondary N) is 3. The summed E-state index contributed by atoms with van der Waals surface area (Å²) >= 11 is 0. The average Bonchev–Trinajstić information content (AvgIpc) is 2.83. The minimum atomic E-state index is -4.02. The summed E-state index contributed by atoms with van der Waals surface area (Å²) in [5.41, 5.74) is 1.70. The highest BCUT2D eigenvalue weighted by atomic mass is 32.2. The molecular weight excluding hydrogens is 461 g/mol. The number of ether oxygens (including phenoxy) is 1. The SMILES string of the molecule is COc1ccc(CNC(=O)CNC(=O)c2cc(S(=O)(=O)Nc3ccc(F)cc3)ccc2C)cc1. The minimum Gasteiger partial charge on any atom is -0.497 e. The van der Waals surface area contributed by atoms with Crippen molar-refractivity contribution in [3.63, 3.8) is 0 Å². The van der Waals surface area contributed by atoms with Gasteiger partial charge in [0.25, 0.3) is 15.9 Å². The maximum atomic E-state index is 13.1. The average molecular weight is 486 g/mol. The predicted octanol–water partition coefficient (Wildman–Crippen LogP) is 2.99. The van der Waals surface area contributed by atoms with Gasteiger partial charge in [0.1, 0.15) is 11.6 Å². The second-order valence-corrected chi connectivity index (χ2v) is 9.08. The van der Waals surface area contributed by atoms with Gasteiger partial charge < -0.3 is 15.4 Å². The topological polar surface area (TPSA) is 114 Å². The molecule has 3 aromatic carbocycles. The fourth-order valence-electron chi connectivity index (χ4n) is 3.01. The van der Waals surface area contributed by atoms with Crippen molar-refractivity contribution in [3.8, 4) is 5.75 Å². The van der Waals surface area contributed by atoms with Crippen molar-refractivity contribution in [2.45, 2.75) is 18.4 Å². The number of hydrogen-bond acceptors (Lipinski definition) is 5. The number of carbonyl (C=O) groups excluding carboxylic acids is 2. The van der Waals surface area contributed by atoms with E-state index in [2.05, 4.69) is 15.4 Å². The zero-order chi connectivity index (χ0) is 24.7. The van der Waals surface area contributed by atoms with E-state index in [9.17, 15) is 22.4 Å². The quantitative estimate of drug-likeness (QED) is 0.431. The molecule has 3 aromatic rings. The number of halogens is 1. The lowest BCUT2D eigenvalue weighted by atomic mass is 10.1. The van der Waals surface area contributed by atoms with Crippen LogP contribution in [0, 0.1) is 12.7 Å². The molecule has 3 N–H and O–H groups in total. The minimum absolute atomic E-state index is 0.116. The Kier molecular flexibility index (Phi) is 7.85. The number of hydrogen-bond donors (Lipinski definition) is 3. The molecule has 0 atom stereocenters. The molecule has 0 saturated carbocycles. The lowest BCUT2D eigenvalue weighted by Crippen LogP contribution is -2.36. The van der Waals surface area contributed by atoms with Crippen molar-refractivity contribution >= 4 is 27.5 Å². The van der Waals surface area contributed by atoms with Crippen LogP contribution in [0.3, 0.4) is 0 Å². The van der Waals surface area contributed by atoms with Crippen molar-refractivity contribution < 1.29 is 27.1 Å². The van der Waals surface area contributed by atoms with Crippen LogP contribution in [0.15, 0.2) is 71.6 Å². The first-order valence-electron chi connectivity index (χ1n) is 10.2. The van der Waals surface area contributed by atoms with Gasteiger partial charge in [-0.1, -0.05) is 18.2 Å². The standard InChI is InChI=1S/C24H24FN3O5S/c1-16-3-12-21(34(31,32)28-19-8-6-18(25)7-9-19)13-22(16)24(30)27-15-23(29)26-14-17-4-10-20(33-2)11-5-17/h3-13,28H,14-15H2,1-2H3,(H,26,29)(H,27,30). The van der Waals surface area contributed by atoms with E-state index in [1.165, 1.54) is 30.3 Å². The highest BCUT2D eigenvalue weighted by molar-refractivity contribution is 7.92. The van der Waals surface area contributed by atoms with Crippen LogP contribution in [0.4, 0.5) is 10.1 Å². The van der Waals surface area contributed by atoms with Crippen LogP contribution in [0.2, 0.25) is 0 Å². The molecule has 0 heterocycles. The van der Waals surface area contributed by atoms with Gasteiger partial charge in [-0.2, -0.15) is 0 Å². The molecule has 3 rings (SSSR count). The summed E-state index contributed by atoms with van der Waals surface area (Å²) < 4.78 is 45.9. The van der Waals surface area contributed by atoms with E-state index in [-0.39, 0.29) is 29.2 Å². The first kappa shape index (κ1) is 24.7. The van der Waals surface area contributed by atoms with Gasteiger partial charge in [0, 0.05) is 17.8 Å². The number of methoxy groups -OCH3 is 1. The van der Waals surface area contributed by atoms with Crippen molar-refractivity contribution in [1.82, 2.24) is 10.6 Å². The number of anilines is 1. The van der Waals surface area contributed by atoms with Crippen LogP contribution in [-0.2, 0) is 21.4 Å². The van der Waals surface area contributed by atoms with Gasteiger partial charge in [-0.15, -0.1) is 0 Å². The molecule has 8 nitrogen and oxygen atoms in total. The Morgan fingerprint density at radius 1 is 0.941 bits per heavy atom. The first-order chi connectivity index (χ1) is 16.2. The summed E-state index contributed by atoms with van der Waals surface area (Å²) in [7, 11) is -2.45. The van der Waals surface area contributed by atoms with Crippen LogP contribution >= 0.6 is 0 Å². The molecule has 0 aliphatic rings. The molecular formula is C24H24FN3O5S. The Hall–Kier alpha value is -3.92. The van der Waals surface area contributed by atoms with Crippen LogP contribution < -0.4 is 20.1 Å². The number of aryl methyl sites for hydroxylation is 1. The zero-order valence-corrected chi connectivity index (χ0v) is 19.4. The zero-order valence-electron chi connectivity index (χ0n) is 18.6. The molecule has 0 saturated heterocycles. The molecule has 0 bridgehead atoms. The van der Waals surface area contributed by atoms with Crippen LogP contribution in [-0.4, -0.2) is 33.9 Å². The summed E-state index contributed by atoms with van der Waals surface area (Å²) in [4.78, 5) is 24.6. The highest BCUT2D eigenvalue weighted by Crippen LogP contribution is 2.20. The number of rotatable bonds is 9. The third-order valence-corrected chi connectivity index (χ3v) is 6.30. The molecule has 2 amide bonds. The summed E-state index contributed by atoms with van der Waals surface area (Å²) in [6.07, 6.45) is 0. The molecule has 178 valence electrons. The molecule has 0 spiro atoms. The van der Waals surface area contributed by atoms with E-state index in [4.69, 9.17) is 4.74 Å². The maximum Gasteiger partial charge on any atom is 0.261 e. The van der Waals surface area contributed by atoms with Crippen molar-refractivity contribution in [3.05, 3.63) is 89.2 Å². The molecule has 0 aliphatic carbocycles. The van der Waals surface area contributed by atoms with Gasteiger partial charge in [-0.3, -0.25) is 14.3 Å². The van der Waals surface area contributed by atoms with Crippen LogP contribution in [0.25, 0.3) is 0 Å². The summed E-state index contributed by atoms with van der Waals surface area (Å²) in [6.45, 7) is 1.65. The van der Waals surface area contributed by atoms with E-state index in [0.29, 0.717) is 11.3 Å². The fourth-order valence-corrected chi connectivity index (χ4v) is 4.09. The van der Waals surface area contributed by atoms with Crippen molar-refractivity contribution in [2.24, 2.45) is 0 Å². The van der Waals surface area contributed by atoms with E-state index < -0.39 is 27.7 Å². The largest absolute Gasteiger partial charge is 0.497 e. The number of amides is 2. The Balaban J connectivity index is 1.61. The van der Waals surface area contributed by atoms with E-state index >= 15 is 0 Å². The van der Waals surface area contributed by atoms with Crippen LogP contribution in [0.5, 0.6) is 5.75 Å². The first-order valence-corrected chi connectivity index (χ1v) is 11.7. The Morgan fingerprint density at radius 2 is 1.62 bits per heavy atom. The summed E-state index contributed by atoms with van der Waals surface area (Å²) in [5, 5.41) is 5.20. The summed E-state index contributed by atoms with van der Waals surface area (Å²) in [5.74, 6) is -0.778. The Bertz CT molecular complexity index is 1280. The third-order valence-electron chi connectivity index (χ3n) is 4.92. The second-order valence-electron chi connectivity index (χ2n) is 7.40. The maximum absolute atomic E-state index is 13.1. The number of benzene rings is 3. The monoisotopic (exact) mass is 485 g/mol. The predicted molar refractivity (Wildman–Crippen MR) is 126 cm³/mol. The second kappa shape index (κ2) is 10.8. The molecule has 0 aromatic heterocycles. The lowest BCUT2D eigenvalue weighted by Gasteiger charge is -2.12. The van der Waals surface area contributed by atoms with E-state index in [1.54, 1.807) is 26.2 Å². The number of carbonyl (C=O) groups is 2. The fraction of sp³-hybridized carbons (Fsp3) is 0.167. The third kappa shape index (κ3) is 6.55. The normalized spacial score (nSPS) is 10.9. The molecule has 0 fully saturated rings. The van der Waals surface area contributed by atoms with E-state index in [1.807, 2.05) is 12.1 Å². The molecule has 0 radical (unpaired) electrons.